The van der Waals surface area contributed by atoms with Gasteiger partial charge < -0.3 is 14.4 Å². The molecule has 4 nitrogen and oxygen atoms in total. The summed E-state index contributed by atoms with van der Waals surface area (Å²) in [4.78, 5) is 0. The zero-order chi connectivity index (χ0) is 13.9. The van der Waals surface area contributed by atoms with Crippen LogP contribution < -0.4 is 10.2 Å². The van der Waals surface area contributed by atoms with Crippen LogP contribution in [0.25, 0.3) is 0 Å². The highest BCUT2D eigenvalue weighted by molar-refractivity contribution is 6.61. The van der Waals surface area contributed by atoms with Gasteiger partial charge >= 0.3 is 7.12 Å². The van der Waals surface area contributed by atoms with Crippen LogP contribution in [-0.4, -0.2) is 12.1 Å². The lowest BCUT2D eigenvalue weighted by Gasteiger charge is -2.07. The van der Waals surface area contributed by atoms with Crippen LogP contribution in [0.5, 0.6) is 5.75 Å². The van der Waals surface area contributed by atoms with E-state index in [-0.39, 0.29) is 0 Å². The molecule has 2 aromatic rings. The minimum Gasteiger partial charge on any atom is -0.522 e. The van der Waals surface area contributed by atoms with Gasteiger partial charge in [0.25, 0.3) is 0 Å². The summed E-state index contributed by atoms with van der Waals surface area (Å²) in [6, 6.07) is 15.1. The maximum Gasteiger partial charge on any atom is 0.731 e. The molecule has 0 saturated carbocycles. The summed E-state index contributed by atoms with van der Waals surface area (Å²) in [6.45, 7) is 0.924. The van der Waals surface area contributed by atoms with Gasteiger partial charge in [0.05, 0.1) is 23.7 Å². The standard InChI is InChI=1S/C15H12BNO3/c17-8-11-1-3-12(4-2-11)9-19-14-5-6-15-13(7-14)10-20-16(15)18/h1-7,18H,9-10H2/p+1. The SMILES string of the molecule is N#Cc1ccc(COc2ccc3c(c2)COB3[OH2+])cc1. The number of nitriles is 1. The van der Waals surface area contributed by atoms with E-state index in [2.05, 4.69) is 6.07 Å². The molecule has 1 heterocycles. The molecule has 3 rings (SSSR count). The smallest absolute Gasteiger partial charge is 0.522 e. The Morgan fingerprint density at radius 3 is 2.80 bits per heavy atom. The molecule has 0 saturated heterocycles. The fourth-order valence-electron chi connectivity index (χ4n) is 2.16. The van der Waals surface area contributed by atoms with E-state index >= 15 is 0 Å². The largest absolute Gasteiger partial charge is 0.731 e. The summed E-state index contributed by atoms with van der Waals surface area (Å²) in [5.74, 6) is 0.769. The first-order valence-corrected chi connectivity index (χ1v) is 6.33. The van der Waals surface area contributed by atoms with Gasteiger partial charge in [0.1, 0.15) is 12.4 Å². The summed E-state index contributed by atoms with van der Waals surface area (Å²) in [7, 11) is -0.572. The molecule has 1 aliphatic heterocycles. The molecular weight excluding hydrogens is 253 g/mol. The van der Waals surface area contributed by atoms with Crippen molar-refractivity contribution in [1.29, 1.82) is 5.26 Å². The molecule has 1 aliphatic rings. The molecule has 2 aromatic carbocycles. The lowest BCUT2D eigenvalue weighted by atomic mass is 9.80. The Hall–Kier alpha value is -2.29. The van der Waals surface area contributed by atoms with Crippen LogP contribution in [0.1, 0.15) is 16.7 Å². The number of nitrogens with zero attached hydrogens (tertiary/aromatic N) is 1. The number of fused-ring (bicyclic) bond motifs is 1. The van der Waals surface area contributed by atoms with Gasteiger partial charge in [-0.1, -0.05) is 18.2 Å². The average molecular weight is 266 g/mol. The maximum absolute atomic E-state index is 8.74. The highest BCUT2D eigenvalue weighted by Crippen LogP contribution is 2.18. The monoisotopic (exact) mass is 266 g/mol. The maximum atomic E-state index is 8.74. The van der Waals surface area contributed by atoms with Crippen LogP contribution in [0.4, 0.5) is 0 Å². The second-order valence-corrected chi connectivity index (χ2v) is 4.65. The van der Waals surface area contributed by atoms with Crippen LogP contribution in [0.3, 0.4) is 0 Å². The van der Waals surface area contributed by atoms with Crippen molar-refractivity contribution in [3.63, 3.8) is 0 Å². The van der Waals surface area contributed by atoms with Crippen LogP contribution in [0, 0.1) is 11.3 Å². The van der Waals surface area contributed by atoms with E-state index in [1.165, 1.54) is 0 Å². The number of hydrogen-bond acceptors (Lipinski definition) is 3. The van der Waals surface area contributed by atoms with Gasteiger partial charge in [0.2, 0.25) is 0 Å². The lowest BCUT2D eigenvalue weighted by Crippen LogP contribution is -2.27. The molecule has 5 heteroatoms. The molecule has 0 aliphatic carbocycles. The quantitative estimate of drug-likeness (QED) is 0.617. The Morgan fingerprint density at radius 2 is 2.05 bits per heavy atom. The fraction of sp³-hybridized carbons (Fsp3) is 0.133. The third-order valence-corrected chi connectivity index (χ3v) is 3.29. The van der Waals surface area contributed by atoms with E-state index in [1.54, 1.807) is 12.1 Å². The molecule has 2 N–H and O–H groups in total. The molecule has 0 fully saturated rings. The number of ether oxygens (including phenoxy) is 1. The average Bonchev–Trinajstić information content (AvgIpc) is 2.87. The summed E-state index contributed by atoms with van der Waals surface area (Å²) in [6.07, 6.45) is 0. The van der Waals surface area contributed by atoms with Crippen LogP contribution >= 0.6 is 0 Å². The first-order chi connectivity index (χ1) is 9.76. The first kappa shape index (κ1) is 12.7. The highest BCUT2D eigenvalue weighted by Gasteiger charge is 2.36. The molecule has 0 spiro atoms. The second kappa shape index (κ2) is 5.37. The molecule has 98 valence electrons. The molecule has 0 amide bonds. The fourth-order valence-corrected chi connectivity index (χ4v) is 2.16. The minimum absolute atomic E-state index is 0.454. The van der Waals surface area contributed by atoms with Gasteiger partial charge in [-0.2, -0.15) is 5.26 Å². The van der Waals surface area contributed by atoms with Gasteiger partial charge in [0, 0.05) is 0 Å². The van der Waals surface area contributed by atoms with Crippen molar-refractivity contribution >= 4 is 12.6 Å². The summed E-state index contributed by atoms with van der Waals surface area (Å²) < 4.78 is 11.0. The van der Waals surface area contributed by atoms with Crippen molar-refractivity contribution in [3.8, 4) is 11.8 Å². The van der Waals surface area contributed by atoms with Crippen molar-refractivity contribution in [2.45, 2.75) is 13.2 Å². The molecule has 0 bridgehead atoms. The minimum atomic E-state index is -0.572. The van der Waals surface area contributed by atoms with Crippen molar-refractivity contribution < 1.29 is 14.4 Å². The predicted molar refractivity (Wildman–Crippen MR) is 75.7 cm³/mol. The van der Waals surface area contributed by atoms with Crippen molar-refractivity contribution in [2.24, 2.45) is 0 Å². The third kappa shape index (κ3) is 2.52. The zero-order valence-electron chi connectivity index (χ0n) is 10.8. The van der Waals surface area contributed by atoms with Crippen LogP contribution in [-0.2, 0) is 17.9 Å². The Morgan fingerprint density at radius 1 is 1.25 bits per heavy atom. The second-order valence-electron chi connectivity index (χ2n) is 4.65. The predicted octanol–water partition coefficient (Wildman–Crippen LogP) is 1.09. The molecule has 0 radical (unpaired) electrons. The Bertz CT molecular complexity index is 664. The first-order valence-electron chi connectivity index (χ1n) is 6.33. The molecule has 0 unspecified atom stereocenters. The number of rotatable bonds is 3. The van der Waals surface area contributed by atoms with E-state index in [0.717, 1.165) is 22.3 Å². The molecule has 0 atom stereocenters. The van der Waals surface area contributed by atoms with E-state index in [1.807, 2.05) is 30.3 Å². The Balaban J connectivity index is 1.68. The van der Waals surface area contributed by atoms with E-state index in [0.29, 0.717) is 18.8 Å². The molecule has 0 aromatic heterocycles. The van der Waals surface area contributed by atoms with Gasteiger partial charge in [-0.05, 0) is 35.4 Å². The lowest BCUT2D eigenvalue weighted by molar-refractivity contribution is 0.274. The van der Waals surface area contributed by atoms with Gasteiger partial charge in [-0.25, -0.2) is 0 Å². The number of hydrogen-bond donors (Lipinski definition) is 0. The zero-order valence-corrected chi connectivity index (χ0v) is 10.8. The van der Waals surface area contributed by atoms with E-state index in [9.17, 15) is 0 Å². The van der Waals surface area contributed by atoms with Crippen LogP contribution in [0.15, 0.2) is 42.5 Å². The summed E-state index contributed by atoms with van der Waals surface area (Å²) >= 11 is 0. The Labute approximate surface area is 117 Å². The topological polar surface area (TPSA) is 65.2 Å². The summed E-state index contributed by atoms with van der Waals surface area (Å²) in [5, 5.41) is 16.4. The van der Waals surface area contributed by atoms with Crippen molar-refractivity contribution in [3.05, 3.63) is 59.2 Å². The molecular formula is C15H13BNO3+. The normalized spacial score (nSPS) is 12.9. The van der Waals surface area contributed by atoms with Crippen molar-refractivity contribution in [2.75, 3.05) is 0 Å². The third-order valence-electron chi connectivity index (χ3n) is 3.29. The van der Waals surface area contributed by atoms with Gasteiger partial charge in [0.15, 0.2) is 0 Å². The molecule has 20 heavy (non-hydrogen) atoms. The highest BCUT2D eigenvalue weighted by atomic mass is 16.5. The van der Waals surface area contributed by atoms with E-state index < -0.39 is 7.12 Å². The summed E-state index contributed by atoms with van der Waals surface area (Å²) in [5.41, 5.74) is 3.59. The van der Waals surface area contributed by atoms with Crippen LogP contribution in [0.2, 0.25) is 0 Å². The Kier molecular flexibility index (Phi) is 3.42. The number of benzene rings is 2. The van der Waals surface area contributed by atoms with E-state index in [4.69, 9.17) is 19.7 Å². The van der Waals surface area contributed by atoms with Gasteiger partial charge in [-0.15, -0.1) is 0 Å². The van der Waals surface area contributed by atoms with Gasteiger partial charge in [-0.3, -0.25) is 0 Å². The van der Waals surface area contributed by atoms with Crippen molar-refractivity contribution in [1.82, 2.24) is 0 Å².